The van der Waals surface area contributed by atoms with Gasteiger partial charge in [-0.25, -0.2) is 4.98 Å². The highest BCUT2D eigenvalue weighted by Crippen LogP contribution is 2.33. The number of halogens is 3. The quantitative estimate of drug-likeness (QED) is 0.930. The Morgan fingerprint density at radius 3 is 2.32 bits per heavy atom. The highest BCUT2D eigenvalue weighted by molar-refractivity contribution is 5.79. The van der Waals surface area contributed by atoms with Gasteiger partial charge in [-0.15, -0.1) is 0 Å². The molecule has 1 aliphatic rings. The average Bonchev–Trinajstić information content (AvgIpc) is 2.39. The van der Waals surface area contributed by atoms with Crippen molar-refractivity contribution in [2.75, 3.05) is 0 Å². The lowest BCUT2D eigenvalue weighted by Gasteiger charge is -2.24. The predicted molar refractivity (Wildman–Crippen MR) is 72.4 cm³/mol. The van der Waals surface area contributed by atoms with Gasteiger partial charge in [-0.05, 0) is 38.3 Å². The van der Waals surface area contributed by atoms with Crippen molar-refractivity contribution in [2.45, 2.75) is 57.4 Å². The fourth-order valence-electron chi connectivity index (χ4n) is 2.27. The first-order valence-electron chi connectivity index (χ1n) is 7.06. The number of hydrogen-bond donors (Lipinski definition) is 1. The second kappa shape index (κ2) is 5.87. The van der Waals surface area contributed by atoms with Gasteiger partial charge < -0.3 is 9.84 Å². The molecule has 1 N–H and O–H groups in total. The zero-order valence-electron chi connectivity index (χ0n) is 12.4. The van der Waals surface area contributed by atoms with E-state index in [9.17, 15) is 23.1 Å². The smallest absolute Gasteiger partial charge is 0.433 e. The highest BCUT2D eigenvalue weighted by atomic mass is 19.4. The minimum atomic E-state index is -4.62. The van der Waals surface area contributed by atoms with Crippen molar-refractivity contribution in [2.24, 2.45) is 0 Å². The molecule has 0 unspecified atom stereocenters. The summed E-state index contributed by atoms with van der Waals surface area (Å²) in [4.78, 5) is 14.7. The third kappa shape index (κ3) is 4.19. The van der Waals surface area contributed by atoms with Crippen LogP contribution in [0.2, 0.25) is 0 Å². The predicted octanol–water partition coefficient (Wildman–Crippen LogP) is 3.22. The van der Waals surface area contributed by atoms with Crippen molar-refractivity contribution in [3.8, 4) is 5.88 Å². The highest BCUT2D eigenvalue weighted by Gasteiger charge is 2.35. The van der Waals surface area contributed by atoms with Gasteiger partial charge in [-0.1, -0.05) is 0 Å². The summed E-state index contributed by atoms with van der Waals surface area (Å²) >= 11 is 0. The number of ether oxygens (including phenoxy) is 1. The van der Waals surface area contributed by atoms with Gasteiger partial charge in [-0.2, -0.15) is 13.2 Å². The Kier molecular flexibility index (Phi) is 4.47. The minimum Gasteiger partial charge on any atom is -0.474 e. The molecule has 0 aliphatic heterocycles. The van der Waals surface area contributed by atoms with E-state index in [0.717, 1.165) is 6.07 Å². The van der Waals surface area contributed by atoms with Gasteiger partial charge in [0.05, 0.1) is 5.60 Å². The fraction of sp³-hybridized carbons (Fsp3) is 0.600. The summed E-state index contributed by atoms with van der Waals surface area (Å²) in [6.07, 6.45) is -3.29. The second-order valence-electron chi connectivity index (χ2n) is 5.99. The van der Waals surface area contributed by atoms with Crippen LogP contribution in [0.3, 0.4) is 0 Å². The summed E-state index contributed by atoms with van der Waals surface area (Å²) in [5.74, 6) is -0.0414. The van der Waals surface area contributed by atoms with Crippen LogP contribution in [-0.4, -0.2) is 22.0 Å². The zero-order valence-corrected chi connectivity index (χ0v) is 12.4. The number of hydrogen-bond acceptors (Lipinski definition) is 4. The monoisotopic (exact) mass is 317 g/mol. The third-order valence-electron chi connectivity index (χ3n) is 3.58. The van der Waals surface area contributed by atoms with E-state index < -0.39 is 17.5 Å². The topological polar surface area (TPSA) is 59.4 Å². The van der Waals surface area contributed by atoms with Gasteiger partial charge in [0.15, 0.2) is 0 Å². The number of nitrogens with zero attached hydrogens (tertiary/aromatic N) is 1. The van der Waals surface area contributed by atoms with Crippen LogP contribution in [0.5, 0.6) is 5.88 Å². The number of rotatable bonds is 3. The Morgan fingerprint density at radius 2 is 1.82 bits per heavy atom. The zero-order chi connectivity index (χ0) is 16.5. The molecule has 22 heavy (non-hydrogen) atoms. The minimum absolute atomic E-state index is 0.0803. The number of Topliss-reactive ketones (excluding diaryl/α,β-unsaturated/α-hetero) is 1. The molecule has 0 atom stereocenters. The van der Waals surface area contributed by atoms with Crippen LogP contribution >= 0.6 is 0 Å². The molecule has 7 heteroatoms. The van der Waals surface area contributed by atoms with Crippen LogP contribution in [0.15, 0.2) is 12.1 Å². The fourth-order valence-corrected chi connectivity index (χ4v) is 2.27. The first-order chi connectivity index (χ1) is 10.1. The number of aromatic nitrogens is 1. The Bertz CT molecular complexity index is 522. The van der Waals surface area contributed by atoms with Crippen LogP contribution in [0.1, 0.15) is 50.8 Å². The molecular formula is C15H18F3NO3. The Morgan fingerprint density at radius 1 is 1.23 bits per heavy atom. The first-order valence-corrected chi connectivity index (χ1v) is 7.06. The lowest BCUT2D eigenvalue weighted by molar-refractivity contribution is -0.141. The van der Waals surface area contributed by atoms with E-state index >= 15 is 0 Å². The van der Waals surface area contributed by atoms with Crippen LogP contribution in [0.4, 0.5) is 13.2 Å². The van der Waals surface area contributed by atoms with E-state index in [1.165, 1.54) is 19.9 Å². The molecule has 0 amide bonds. The van der Waals surface area contributed by atoms with Gasteiger partial charge in [0.25, 0.3) is 0 Å². The molecule has 0 spiro atoms. The molecule has 122 valence electrons. The molecule has 1 heterocycles. The molecule has 1 aliphatic carbocycles. The maximum absolute atomic E-state index is 12.9. The molecular weight excluding hydrogens is 299 g/mol. The molecule has 4 nitrogen and oxygen atoms in total. The molecule has 0 bridgehead atoms. The Balaban J connectivity index is 2.28. The van der Waals surface area contributed by atoms with E-state index in [2.05, 4.69) is 4.98 Å². The standard InChI is InChI=1S/C15H18F3NO3/c1-14(2,21)9-7-12(15(16,17)18)19-13(8-9)22-11-5-3-10(20)4-6-11/h7-8,11,21H,3-6H2,1-2H3. The third-order valence-corrected chi connectivity index (χ3v) is 3.58. The van der Waals surface area contributed by atoms with E-state index in [1.54, 1.807) is 0 Å². The van der Waals surface area contributed by atoms with Gasteiger partial charge in [0, 0.05) is 18.9 Å². The lowest BCUT2D eigenvalue weighted by Crippen LogP contribution is -2.25. The van der Waals surface area contributed by atoms with Crippen molar-refractivity contribution in [1.82, 2.24) is 4.98 Å². The molecule has 2 rings (SSSR count). The van der Waals surface area contributed by atoms with Crippen molar-refractivity contribution in [3.05, 3.63) is 23.4 Å². The molecule has 1 aromatic heterocycles. The van der Waals surface area contributed by atoms with E-state index in [0.29, 0.717) is 25.7 Å². The SMILES string of the molecule is CC(C)(O)c1cc(OC2CCC(=O)CC2)nc(C(F)(F)F)c1. The van der Waals surface area contributed by atoms with E-state index in [4.69, 9.17) is 4.74 Å². The van der Waals surface area contributed by atoms with Gasteiger partial charge in [-0.3, -0.25) is 4.79 Å². The molecule has 1 saturated carbocycles. The Labute approximate surface area is 126 Å². The summed E-state index contributed by atoms with van der Waals surface area (Å²) in [6, 6.07) is 2.13. The normalized spacial score (nSPS) is 17.6. The maximum Gasteiger partial charge on any atom is 0.433 e. The van der Waals surface area contributed by atoms with Crippen LogP contribution < -0.4 is 4.74 Å². The molecule has 0 saturated heterocycles. The van der Waals surface area contributed by atoms with Gasteiger partial charge in [0.2, 0.25) is 5.88 Å². The van der Waals surface area contributed by atoms with Gasteiger partial charge >= 0.3 is 6.18 Å². The summed E-state index contributed by atoms with van der Waals surface area (Å²) < 4.78 is 44.3. The summed E-state index contributed by atoms with van der Waals surface area (Å²) in [6.45, 7) is 2.79. The number of alkyl halides is 3. The number of carbonyl (C=O) groups is 1. The van der Waals surface area contributed by atoms with Crippen molar-refractivity contribution in [3.63, 3.8) is 0 Å². The molecule has 1 fully saturated rings. The van der Waals surface area contributed by atoms with Crippen molar-refractivity contribution >= 4 is 5.78 Å². The number of aliphatic hydroxyl groups is 1. The molecule has 0 radical (unpaired) electrons. The van der Waals surface area contributed by atoms with Gasteiger partial charge in [0.1, 0.15) is 17.6 Å². The average molecular weight is 317 g/mol. The van der Waals surface area contributed by atoms with Crippen molar-refractivity contribution < 1.29 is 27.8 Å². The summed E-state index contributed by atoms with van der Waals surface area (Å²) in [5, 5.41) is 9.95. The Hall–Kier alpha value is -1.63. The summed E-state index contributed by atoms with van der Waals surface area (Å²) in [5.41, 5.74) is -2.46. The number of carbonyl (C=O) groups excluding carboxylic acids is 1. The lowest BCUT2D eigenvalue weighted by atomic mass is 9.96. The van der Waals surface area contributed by atoms with Crippen molar-refractivity contribution in [1.29, 1.82) is 0 Å². The molecule has 1 aromatic rings. The van der Waals surface area contributed by atoms with Crippen LogP contribution in [0, 0.1) is 0 Å². The van der Waals surface area contributed by atoms with E-state index in [1.807, 2.05) is 0 Å². The number of ketones is 1. The second-order valence-corrected chi connectivity index (χ2v) is 5.99. The number of pyridine rings is 1. The van der Waals surface area contributed by atoms with E-state index in [-0.39, 0.29) is 23.3 Å². The molecule has 0 aromatic carbocycles. The van der Waals surface area contributed by atoms with Crippen LogP contribution in [0.25, 0.3) is 0 Å². The maximum atomic E-state index is 12.9. The summed E-state index contributed by atoms with van der Waals surface area (Å²) in [7, 11) is 0. The first kappa shape index (κ1) is 16.7. The largest absolute Gasteiger partial charge is 0.474 e. The van der Waals surface area contributed by atoms with Crippen LogP contribution in [-0.2, 0) is 16.6 Å².